The predicted octanol–water partition coefficient (Wildman–Crippen LogP) is 10.8. The maximum absolute atomic E-state index is 2.62. The van der Waals surface area contributed by atoms with Crippen molar-refractivity contribution in [3.8, 4) is 0 Å². The molecule has 11 rings (SSSR count). The molecule has 2 aliphatic carbocycles. The maximum atomic E-state index is 2.62. The topological polar surface area (TPSA) is 6.48 Å². The van der Waals surface area contributed by atoms with E-state index in [9.17, 15) is 0 Å². The van der Waals surface area contributed by atoms with Gasteiger partial charge in [0.1, 0.15) is 0 Å². The van der Waals surface area contributed by atoms with Crippen LogP contribution in [0.5, 0.6) is 0 Å². The van der Waals surface area contributed by atoms with Gasteiger partial charge in [-0.05, 0) is 136 Å². The van der Waals surface area contributed by atoms with Crippen LogP contribution in [0.2, 0.25) is 0 Å². The molecule has 0 radical (unpaired) electrons. The first kappa shape index (κ1) is 31.5. The fraction of sp³-hybridized carbons (Fsp3) is 0.224. The Labute approximate surface area is 317 Å². The summed E-state index contributed by atoms with van der Waals surface area (Å²) in [6.07, 6.45) is 4.70. The van der Waals surface area contributed by atoms with Crippen molar-refractivity contribution >= 4 is 78.0 Å². The minimum Gasteiger partial charge on any atom is -0.310 e. The quantitative estimate of drug-likeness (QED) is 0.169. The Bertz CT molecular complexity index is 2610. The molecule has 1 aromatic heterocycles. The van der Waals surface area contributed by atoms with Crippen LogP contribution in [0.25, 0.3) is 10.1 Å². The van der Waals surface area contributed by atoms with Crippen LogP contribution in [-0.2, 0) is 36.5 Å². The molecule has 6 aromatic carbocycles. The second kappa shape index (κ2) is 11.0. The van der Waals surface area contributed by atoms with E-state index in [2.05, 4.69) is 166 Å². The molecule has 0 atom stereocenters. The summed E-state index contributed by atoms with van der Waals surface area (Å²) < 4.78 is 2.80. The highest BCUT2D eigenvalue weighted by atomic mass is 32.1. The normalized spacial score (nSPS) is 15.8. The molecule has 258 valence electrons. The summed E-state index contributed by atoms with van der Waals surface area (Å²) in [6, 6.07) is 47.1. The lowest BCUT2D eigenvalue weighted by Crippen LogP contribution is -2.63. The molecule has 0 fully saturated rings. The van der Waals surface area contributed by atoms with Gasteiger partial charge in [-0.25, -0.2) is 0 Å². The molecule has 0 saturated heterocycles. The average molecular weight is 703 g/mol. The van der Waals surface area contributed by atoms with Crippen LogP contribution in [0.15, 0.2) is 121 Å². The fourth-order valence-corrected chi connectivity index (χ4v) is 11.0. The van der Waals surface area contributed by atoms with Gasteiger partial charge in [0.15, 0.2) is 0 Å². The monoisotopic (exact) mass is 702 g/mol. The fourth-order valence-electron chi connectivity index (χ4n) is 9.70. The van der Waals surface area contributed by atoms with Crippen molar-refractivity contribution in [2.45, 2.75) is 71.1 Å². The summed E-state index contributed by atoms with van der Waals surface area (Å²) in [5, 5.41) is 1.35. The summed E-state index contributed by atoms with van der Waals surface area (Å²) >= 11 is 1.99. The van der Waals surface area contributed by atoms with E-state index in [1.807, 2.05) is 11.3 Å². The number of rotatable bonds is 4. The van der Waals surface area contributed by atoms with Crippen molar-refractivity contribution < 1.29 is 0 Å². The van der Waals surface area contributed by atoms with Crippen LogP contribution in [0, 0.1) is 0 Å². The highest BCUT2D eigenvalue weighted by Crippen LogP contribution is 2.50. The molecule has 0 bridgehead atoms. The van der Waals surface area contributed by atoms with Gasteiger partial charge in [-0.3, -0.25) is 0 Å². The Kier molecular flexibility index (Phi) is 6.53. The Balaban J connectivity index is 1.25. The van der Waals surface area contributed by atoms with Gasteiger partial charge in [0.2, 0.25) is 0 Å². The van der Waals surface area contributed by atoms with Crippen molar-refractivity contribution in [1.29, 1.82) is 0 Å². The molecule has 0 N–H and O–H groups in total. The Hall–Kier alpha value is -5.06. The molecule has 0 unspecified atom stereocenters. The molecule has 0 amide bonds. The number of benzene rings is 6. The SMILES string of the molecule is CC(C)(C)c1ccc2sc3c(c2c1)N(c1ccccc1)c1cc(N(c2ccc4c(c2)CC4)c2ccc4c(c2)CC4)cc2c1B3c1ccccc1C2(C)C. The molecule has 0 saturated carbocycles. The van der Waals surface area contributed by atoms with Crippen molar-refractivity contribution in [2.24, 2.45) is 0 Å². The van der Waals surface area contributed by atoms with Crippen molar-refractivity contribution in [3.63, 3.8) is 0 Å². The van der Waals surface area contributed by atoms with Crippen LogP contribution < -0.4 is 25.5 Å². The van der Waals surface area contributed by atoms with E-state index in [-0.39, 0.29) is 17.5 Å². The highest BCUT2D eigenvalue weighted by molar-refractivity contribution is 7.33. The Morgan fingerprint density at radius 3 is 1.94 bits per heavy atom. The summed E-state index contributed by atoms with van der Waals surface area (Å²) in [5.41, 5.74) is 20.5. The number of thiophene rings is 1. The molecule has 4 heteroatoms. The zero-order chi connectivity index (χ0) is 35.8. The van der Waals surface area contributed by atoms with Gasteiger partial charge in [-0.15, -0.1) is 11.3 Å². The van der Waals surface area contributed by atoms with Gasteiger partial charge < -0.3 is 9.80 Å². The van der Waals surface area contributed by atoms with Crippen molar-refractivity contribution in [2.75, 3.05) is 9.80 Å². The second-order valence-corrected chi connectivity index (χ2v) is 18.3. The molecular weight excluding hydrogens is 659 g/mol. The number of fused-ring (bicyclic) bond motifs is 8. The van der Waals surface area contributed by atoms with Gasteiger partial charge in [0.25, 0.3) is 6.71 Å². The lowest BCUT2D eigenvalue weighted by molar-refractivity contribution is 0.591. The minimum absolute atomic E-state index is 0.0451. The number of nitrogens with zero attached hydrogens (tertiary/aromatic N) is 2. The predicted molar refractivity (Wildman–Crippen MR) is 228 cm³/mol. The van der Waals surface area contributed by atoms with E-state index in [1.165, 1.54) is 112 Å². The van der Waals surface area contributed by atoms with Gasteiger partial charge in [-0.2, -0.15) is 0 Å². The zero-order valence-electron chi connectivity index (χ0n) is 31.3. The number of aryl methyl sites for hydroxylation is 4. The van der Waals surface area contributed by atoms with Crippen molar-refractivity contribution in [1.82, 2.24) is 0 Å². The van der Waals surface area contributed by atoms with Crippen LogP contribution >= 0.6 is 11.3 Å². The molecule has 2 nitrogen and oxygen atoms in total. The standard InChI is InChI=1S/C49H43BN2S/c1-48(2,3)34-21-24-44-39(27-34)46-47(53-44)50-42-14-10-9-13-40(42)49(4,5)41-28-38(29-43(45(41)50)52(46)35-11-7-6-8-12-35)51(36-22-19-30-15-17-32(30)25-36)37-23-20-31-16-18-33(31)26-37/h6-14,19-29H,15-18H2,1-5H3. The summed E-state index contributed by atoms with van der Waals surface area (Å²) in [5.74, 6) is 0. The molecule has 0 spiro atoms. The third kappa shape index (κ3) is 4.51. The maximum Gasteiger partial charge on any atom is 0.260 e. The summed E-state index contributed by atoms with van der Waals surface area (Å²) in [6.45, 7) is 12.1. The molecule has 2 aliphatic heterocycles. The van der Waals surface area contributed by atoms with Crippen LogP contribution in [0.4, 0.5) is 34.1 Å². The first-order valence-corrected chi connectivity index (χ1v) is 20.2. The van der Waals surface area contributed by atoms with Crippen LogP contribution in [0.1, 0.15) is 73.6 Å². The van der Waals surface area contributed by atoms with E-state index in [4.69, 9.17) is 0 Å². The van der Waals surface area contributed by atoms with Gasteiger partial charge in [0.05, 0.1) is 5.69 Å². The Morgan fingerprint density at radius 2 is 1.30 bits per heavy atom. The summed E-state index contributed by atoms with van der Waals surface area (Å²) in [7, 11) is 0. The lowest BCUT2D eigenvalue weighted by Gasteiger charge is -2.45. The van der Waals surface area contributed by atoms with Gasteiger partial charge in [-0.1, -0.05) is 101 Å². The highest BCUT2D eigenvalue weighted by Gasteiger charge is 2.48. The zero-order valence-corrected chi connectivity index (χ0v) is 32.1. The van der Waals surface area contributed by atoms with Crippen LogP contribution in [0.3, 0.4) is 0 Å². The van der Waals surface area contributed by atoms with E-state index < -0.39 is 0 Å². The molecule has 3 heterocycles. The van der Waals surface area contributed by atoms with E-state index in [0.717, 1.165) is 12.8 Å². The molecule has 53 heavy (non-hydrogen) atoms. The van der Waals surface area contributed by atoms with E-state index in [0.29, 0.717) is 0 Å². The van der Waals surface area contributed by atoms with E-state index >= 15 is 0 Å². The smallest absolute Gasteiger partial charge is 0.260 e. The number of anilines is 6. The molecule has 7 aromatic rings. The first-order valence-electron chi connectivity index (χ1n) is 19.4. The number of hydrogen-bond donors (Lipinski definition) is 0. The first-order chi connectivity index (χ1) is 25.6. The number of para-hydroxylation sites is 1. The third-order valence-corrected chi connectivity index (χ3v) is 14.1. The lowest BCUT2D eigenvalue weighted by atomic mass is 9.32. The van der Waals surface area contributed by atoms with Crippen molar-refractivity contribution in [3.05, 3.63) is 160 Å². The van der Waals surface area contributed by atoms with E-state index in [1.54, 1.807) is 0 Å². The average Bonchev–Trinajstić information content (AvgIpc) is 3.50. The largest absolute Gasteiger partial charge is 0.310 e. The number of hydrogen-bond acceptors (Lipinski definition) is 3. The third-order valence-electron chi connectivity index (χ3n) is 12.8. The Morgan fingerprint density at radius 1 is 0.642 bits per heavy atom. The minimum atomic E-state index is -0.199. The van der Waals surface area contributed by atoms with Gasteiger partial charge in [0, 0.05) is 48.7 Å². The molecular formula is C49H43BN2S. The van der Waals surface area contributed by atoms with Crippen LogP contribution in [-0.4, -0.2) is 6.71 Å². The second-order valence-electron chi connectivity index (χ2n) is 17.3. The van der Waals surface area contributed by atoms with Gasteiger partial charge >= 0.3 is 0 Å². The summed E-state index contributed by atoms with van der Waals surface area (Å²) in [4.78, 5) is 5.18. The molecule has 4 aliphatic rings.